The van der Waals surface area contributed by atoms with Crippen LogP contribution in [0.2, 0.25) is 0 Å². The molecule has 0 fully saturated rings. The fourth-order valence-corrected chi connectivity index (χ4v) is 2.92. The van der Waals surface area contributed by atoms with Gasteiger partial charge in [-0.25, -0.2) is 4.57 Å². The summed E-state index contributed by atoms with van der Waals surface area (Å²) in [5, 5.41) is 1.41. The van der Waals surface area contributed by atoms with Gasteiger partial charge in [-0.3, -0.25) is 13.8 Å². The topological polar surface area (TPSA) is 61.8 Å². The Balaban J connectivity index is 4.87. The van der Waals surface area contributed by atoms with E-state index in [9.17, 15) is 9.36 Å². The van der Waals surface area contributed by atoms with Crippen molar-refractivity contribution < 1.29 is 22.9 Å². The maximum atomic E-state index is 12.2. The zero-order valence-corrected chi connectivity index (χ0v) is 14.4. The molecule has 0 aromatic heterocycles. The highest BCUT2D eigenvalue weighted by Gasteiger charge is 2.28. The van der Waals surface area contributed by atoms with Crippen LogP contribution in [0.25, 0.3) is 0 Å². The van der Waals surface area contributed by atoms with E-state index in [2.05, 4.69) is 6.58 Å². The monoisotopic (exact) mass is 322 g/mol. The minimum Gasteiger partial charge on any atom is -0.403 e. The Morgan fingerprint density at radius 3 is 2.10 bits per heavy atom. The molecule has 0 saturated heterocycles. The van der Waals surface area contributed by atoms with Crippen LogP contribution >= 0.6 is 19.6 Å². The van der Waals surface area contributed by atoms with E-state index in [4.69, 9.17) is 13.6 Å². The summed E-state index contributed by atoms with van der Waals surface area (Å²) in [5.74, 6) is 0.179. The molecule has 0 bridgehead atoms. The zero-order valence-electron chi connectivity index (χ0n) is 12.7. The van der Waals surface area contributed by atoms with Gasteiger partial charge in [0.2, 0.25) is 0 Å². The average molecular weight is 322 g/mol. The lowest BCUT2D eigenvalue weighted by Gasteiger charge is -2.18. The van der Waals surface area contributed by atoms with Crippen LogP contribution in [0.3, 0.4) is 0 Å². The molecule has 5 nitrogen and oxygen atoms in total. The van der Waals surface area contributed by atoms with Gasteiger partial charge in [-0.15, -0.1) is 0 Å². The normalized spacial score (nSPS) is 13.2. The second-order valence-corrected chi connectivity index (χ2v) is 7.19. The molecule has 0 N–H and O–H groups in total. The van der Waals surface area contributed by atoms with Crippen molar-refractivity contribution in [2.24, 2.45) is 5.41 Å². The molecule has 0 spiro atoms. The van der Waals surface area contributed by atoms with Crippen molar-refractivity contribution in [3.63, 3.8) is 0 Å². The maximum absolute atomic E-state index is 12.2. The van der Waals surface area contributed by atoms with Gasteiger partial charge in [0.05, 0.1) is 13.2 Å². The highest BCUT2D eigenvalue weighted by Crippen LogP contribution is 2.51. The lowest BCUT2D eigenvalue weighted by atomic mass is 10.00. The first-order valence-corrected chi connectivity index (χ1v) is 8.65. The predicted molar refractivity (Wildman–Crippen MR) is 82.3 cm³/mol. The van der Waals surface area contributed by atoms with Crippen molar-refractivity contribution in [2.45, 2.75) is 34.6 Å². The number of hydrogen-bond acceptors (Lipinski definition) is 6. The first-order valence-electron chi connectivity index (χ1n) is 6.31. The highest BCUT2D eigenvalue weighted by atomic mass is 32.2. The van der Waals surface area contributed by atoms with E-state index in [-0.39, 0.29) is 24.1 Å². The molecular formula is C13H23O5PS. The van der Waals surface area contributed by atoms with E-state index < -0.39 is 13.2 Å². The Bertz CT molecular complexity index is 401. The van der Waals surface area contributed by atoms with Gasteiger partial charge >= 0.3 is 7.82 Å². The third-order valence-corrected chi connectivity index (χ3v) is 4.65. The summed E-state index contributed by atoms with van der Waals surface area (Å²) in [6.07, 6.45) is 1.35. The summed E-state index contributed by atoms with van der Waals surface area (Å²) in [7, 11) is -3.66. The largest absolute Gasteiger partial charge is 0.530 e. The molecule has 0 aromatic rings. The van der Waals surface area contributed by atoms with Gasteiger partial charge in [-0.2, -0.15) is 0 Å². The summed E-state index contributed by atoms with van der Waals surface area (Å²) < 4.78 is 27.4. The smallest absolute Gasteiger partial charge is 0.403 e. The van der Waals surface area contributed by atoms with Gasteiger partial charge in [-0.1, -0.05) is 39.1 Å². The molecule has 0 aliphatic carbocycles. The van der Waals surface area contributed by atoms with E-state index in [1.54, 1.807) is 13.8 Å². The number of carbonyl (C=O) groups is 1. The second-order valence-electron chi connectivity index (χ2n) is 4.75. The zero-order chi connectivity index (χ0) is 15.8. The van der Waals surface area contributed by atoms with Gasteiger partial charge in [0, 0.05) is 10.8 Å². The van der Waals surface area contributed by atoms with E-state index in [0.717, 1.165) is 11.8 Å². The molecule has 0 atom stereocenters. The third-order valence-electron chi connectivity index (χ3n) is 1.89. The molecule has 116 valence electrons. The van der Waals surface area contributed by atoms with Crippen molar-refractivity contribution in [1.82, 2.24) is 0 Å². The quantitative estimate of drug-likeness (QED) is 0.372. The lowest BCUT2D eigenvalue weighted by molar-refractivity contribution is -0.117. The van der Waals surface area contributed by atoms with E-state index >= 15 is 0 Å². The molecule has 0 aliphatic heterocycles. The van der Waals surface area contributed by atoms with Crippen LogP contribution in [-0.2, 0) is 22.9 Å². The Morgan fingerprint density at radius 1 is 1.25 bits per heavy atom. The number of thioether (sulfide) groups is 1. The molecule has 0 unspecified atom stereocenters. The third kappa shape index (κ3) is 7.29. The van der Waals surface area contributed by atoms with Crippen LogP contribution in [0, 0.1) is 5.41 Å². The van der Waals surface area contributed by atoms with Crippen LogP contribution in [0.1, 0.15) is 34.6 Å². The highest BCUT2D eigenvalue weighted by molar-refractivity contribution is 8.16. The number of phosphoric acid groups is 1. The van der Waals surface area contributed by atoms with E-state index in [1.165, 1.54) is 11.5 Å². The fourth-order valence-electron chi connectivity index (χ4n) is 0.931. The minimum atomic E-state index is -3.66. The molecule has 0 aliphatic rings. The Morgan fingerprint density at radius 2 is 1.75 bits per heavy atom. The van der Waals surface area contributed by atoms with Gasteiger partial charge in [0.25, 0.3) is 0 Å². The summed E-state index contributed by atoms with van der Waals surface area (Å²) in [4.78, 5) is 11.8. The molecule has 7 heteroatoms. The number of carbonyl (C=O) groups excluding carboxylic acids is 1. The molecule has 0 amide bonds. The summed E-state index contributed by atoms with van der Waals surface area (Å²) in [6.45, 7) is 12.8. The number of hydrogen-bond donors (Lipinski definition) is 0. The van der Waals surface area contributed by atoms with E-state index in [0.29, 0.717) is 0 Å². The molecule has 0 radical (unpaired) electrons. The number of allylic oxidation sites excluding steroid dienone is 1. The van der Waals surface area contributed by atoms with Crippen molar-refractivity contribution in [3.8, 4) is 0 Å². The summed E-state index contributed by atoms with van der Waals surface area (Å²) >= 11 is 0.963. The minimum absolute atomic E-state index is 0.0388. The van der Waals surface area contributed by atoms with Gasteiger partial charge in [-0.05, 0) is 19.9 Å². The molecule has 0 rings (SSSR count). The molecule has 0 aromatic carbocycles. The first-order chi connectivity index (χ1) is 9.18. The van der Waals surface area contributed by atoms with Crippen LogP contribution in [0.5, 0.6) is 0 Å². The Labute approximate surface area is 125 Å². The summed E-state index contributed by atoms with van der Waals surface area (Å²) in [5.41, 5.74) is -0.475. The number of rotatable bonds is 8. The average Bonchev–Trinajstić information content (AvgIpc) is 2.33. The molecule has 0 heterocycles. The molecule has 0 saturated carbocycles. The van der Waals surface area contributed by atoms with Crippen LogP contribution in [0.15, 0.2) is 23.8 Å². The van der Waals surface area contributed by atoms with Crippen LogP contribution in [0.4, 0.5) is 0 Å². The van der Waals surface area contributed by atoms with Crippen molar-refractivity contribution >= 4 is 24.7 Å². The number of phosphoric ester groups is 1. The predicted octanol–water partition coefficient (Wildman–Crippen LogP) is 4.52. The van der Waals surface area contributed by atoms with Crippen molar-refractivity contribution in [1.29, 1.82) is 0 Å². The van der Waals surface area contributed by atoms with E-state index in [1.807, 2.05) is 20.8 Å². The van der Waals surface area contributed by atoms with Gasteiger partial charge in [0.15, 0.2) is 5.12 Å². The SMILES string of the molecule is C=C/C(=C/SC(=O)C(C)(C)C)OP(=O)(OCC)OCC. The summed E-state index contributed by atoms with van der Waals surface area (Å²) in [6, 6.07) is 0. The van der Waals surface area contributed by atoms with Crippen molar-refractivity contribution in [3.05, 3.63) is 23.8 Å². The van der Waals surface area contributed by atoms with Crippen LogP contribution < -0.4 is 0 Å². The lowest BCUT2D eigenvalue weighted by Crippen LogP contribution is -2.15. The standard InChI is InChI=1S/C13H23O5PS/c1-7-11(10-20-12(14)13(4,5)6)18-19(15,16-8-2)17-9-3/h7,10H,1,8-9H2,2-6H3/b11-10-. The Hall–Kier alpha value is -0.550. The molecular weight excluding hydrogens is 299 g/mol. The van der Waals surface area contributed by atoms with Gasteiger partial charge in [0.1, 0.15) is 5.76 Å². The maximum Gasteiger partial charge on any atom is 0.530 e. The van der Waals surface area contributed by atoms with Crippen LogP contribution in [-0.4, -0.2) is 18.3 Å². The first kappa shape index (κ1) is 19.4. The van der Waals surface area contributed by atoms with Gasteiger partial charge < -0.3 is 4.52 Å². The fraction of sp³-hybridized carbons (Fsp3) is 0.615. The second kappa shape index (κ2) is 8.67. The Kier molecular flexibility index (Phi) is 8.44. The van der Waals surface area contributed by atoms with Crippen molar-refractivity contribution in [2.75, 3.05) is 13.2 Å². The molecule has 20 heavy (non-hydrogen) atoms.